The number of pyridine rings is 1. The molecule has 1 amide bonds. The van der Waals surface area contributed by atoms with E-state index in [-0.39, 0.29) is 11.9 Å². The molecular weight excluding hydrogens is 346 g/mol. The molecule has 1 aromatic heterocycles. The molecule has 2 heterocycles. The molecule has 1 aliphatic rings. The van der Waals surface area contributed by atoms with Gasteiger partial charge in [-0.2, -0.15) is 5.10 Å². The lowest BCUT2D eigenvalue weighted by atomic mass is 9.99. The highest BCUT2D eigenvalue weighted by Crippen LogP contribution is 2.33. The molecule has 1 aliphatic heterocycles. The van der Waals surface area contributed by atoms with Crippen LogP contribution in [0.4, 0.5) is 0 Å². The van der Waals surface area contributed by atoms with E-state index in [2.05, 4.69) is 10.1 Å². The van der Waals surface area contributed by atoms with Crippen molar-refractivity contribution >= 4 is 23.2 Å². The van der Waals surface area contributed by atoms with E-state index in [1.165, 1.54) is 0 Å². The fourth-order valence-corrected chi connectivity index (χ4v) is 3.28. The molecule has 2 aromatic carbocycles. The molecule has 1 unspecified atom stereocenters. The summed E-state index contributed by atoms with van der Waals surface area (Å²) in [6.07, 6.45) is 4.12. The van der Waals surface area contributed by atoms with Gasteiger partial charge in [0, 0.05) is 29.4 Å². The highest BCUT2D eigenvalue weighted by Gasteiger charge is 2.33. The van der Waals surface area contributed by atoms with Gasteiger partial charge < -0.3 is 0 Å². The summed E-state index contributed by atoms with van der Waals surface area (Å²) in [5.74, 6) is -0.128. The van der Waals surface area contributed by atoms with Crippen molar-refractivity contribution in [2.75, 3.05) is 0 Å². The molecule has 0 saturated heterocycles. The first-order valence-corrected chi connectivity index (χ1v) is 8.72. The van der Waals surface area contributed by atoms with E-state index in [1.807, 2.05) is 54.6 Å². The third-order valence-corrected chi connectivity index (χ3v) is 4.60. The molecule has 0 N–H and O–H groups in total. The minimum Gasteiger partial charge on any atom is -0.267 e. The van der Waals surface area contributed by atoms with Crippen molar-refractivity contribution in [2.45, 2.75) is 12.5 Å². The summed E-state index contributed by atoms with van der Waals surface area (Å²) < 4.78 is 0. The second-order valence-electron chi connectivity index (χ2n) is 6.08. The maximum absolute atomic E-state index is 13.0. The minimum absolute atomic E-state index is 0.128. The summed E-state index contributed by atoms with van der Waals surface area (Å²) in [5, 5.41) is 6.85. The Labute approximate surface area is 156 Å². The Morgan fingerprint density at radius 3 is 2.62 bits per heavy atom. The normalized spacial score (nSPS) is 16.4. The maximum Gasteiger partial charge on any atom is 0.274 e. The molecule has 1 atom stereocenters. The van der Waals surface area contributed by atoms with Gasteiger partial charge in [0.05, 0.1) is 11.8 Å². The highest BCUT2D eigenvalue weighted by atomic mass is 35.5. The summed E-state index contributed by atoms with van der Waals surface area (Å²) >= 11 is 6.13. The Bertz CT molecular complexity index is 957. The number of halogens is 1. The zero-order valence-corrected chi connectivity index (χ0v) is 14.7. The predicted octanol–water partition coefficient (Wildman–Crippen LogP) is 4.73. The van der Waals surface area contributed by atoms with Gasteiger partial charge >= 0.3 is 0 Å². The van der Waals surface area contributed by atoms with Crippen LogP contribution >= 0.6 is 11.6 Å². The lowest BCUT2D eigenvalue weighted by molar-refractivity contribution is 0.0711. The van der Waals surface area contributed by atoms with Crippen LogP contribution in [0.15, 0.2) is 84.2 Å². The summed E-state index contributed by atoms with van der Waals surface area (Å²) in [4.78, 5) is 17.2. The SMILES string of the molecule is O=C(c1ccccc1)N1N=C(c2cccc(Cl)c2)CC1c1cccnc1. The minimum atomic E-state index is -0.189. The molecule has 0 aliphatic carbocycles. The van der Waals surface area contributed by atoms with Crippen molar-refractivity contribution in [3.63, 3.8) is 0 Å². The molecule has 4 nitrogen and oxygen atoms in total. The number of benzene rings is 2. The topological polar surface area (TPSA) is 45.6 Å². The molecule has 0 saturated carbocycles. The monoisotopic (exact) mass is 361 g/mol. The number of carbonyl (C=O) groups excluding carboxylic acids is 1. The highest BCUT2D eigenvalue weighted by molar-refractivity contribution is 6.31. The van der Waals surface area contributed by atoms with Crippen LogP contribution in [0.25, 0.3) is 0 Å². The lowest BCUT2D eigenvalue weighted by Crippen LogP contribution is -2.27. The van der Waals surface area contributed by atoms with E-state index >= 15 is 0 Å². The van der Waals surface area contributed by atoms with Crippen LogP contribution in [0.2, 0.25) is 5.02 Å². The first kappa shape index (κ1) is 16.5. The summed E-state index contributed by atoms with van der Waals surface area (Å²) in [6, 6.07) is 20.4. The van der Waals surface area contributed by atoms with Crippen molar-refractivity contribution in [3.8, 4) is 0 Å². The number of hydrogen-bond donors (Lipinski definition) is 0. The second-order valence-corrected chi connectivity index (χ2v) is 6.52. The Kier molecular flexibility index (Phi) is 4.50. The van der Waals surface area contributed by atoms with Gasteiger partial charge in [-0.3, -0.25) is 9.78 Å². The van der Waals surface area contributed by atoms with Gasteiger partial charge in [0.1, 0.15) is 0 Å². The Morgan fingerprint density at radius 2 is 1.88 bits per heavy atom. The summed E-state index contributed by atoms with van der Waals surface area (Å²) in [5.41, 5.74) is 3.33. The van der Waals surface area contributed by atoms with Gasteiger partial charge in [-0.15, -0.1) is 0 Å². The van der Waals surface area contributed by atoms with Crippen LogP contribution in [0.1, 0.15) is 33.9 Å². The number of amides is 1. The first-order chi connectivity index (χ1) is 12.7. The van der Waals surface area contributed by atoms with Crippen molar-refractivity contribution in [3.05, 3.63) is 101 Å². The van der Waals surface area contributed by atoms with Gasteiger partial charge in [0.2, 0.25) is 0 Å². The molecule has 3 aromatic rings. The second kappa shape index (κ2) is 7.10. The van der Waals surface area contributed by atoms with Gasteiger partial charge in [0.25, 0.3) is 5.91 Å². The van der Waals surface area contributed by atoms with Crippen molar-refractivity contribution in [1.29, 1.82) is 0 Å². The summed E-state index contributed by atoms with van der Waals surface area (Å²) in [6.45, 7) is 0. The zero-order valence-electron chi connectivity index (χ0n) is 13.9. The average Bonchev–Trinajstić information content (AvgIpc) is 3.14. The van der Waals surface area contributed by atoms with E-state index in [9.17, 15) is 4.79 Å². The molecule has 4 rings (SSSR count). The average molecular weight is 362 g/mol. The van der Waals surface area contributed by atoms with Gasteiger partial charge in [0.15, 0.2) is 0 Å². The molecular formula is C21H16ClN3O. The molecule has 0 radical (unpaired) electrons. The number of carbonyl (C=O) groups is 1. The third-order valence-electron chi connectivity index (χ3n) is 4.37. The molecule has 0 bridgehead atoms. The Balaban J connectivity index is 1.74. The van der Waals surface area contributed by atoms with Gasteiger partial charge in [-0.1, -0.05) is 48.0 Å². The van der Waals surface area contributed by atoms with Gasteiger partial charge in [-0.05, 0) is 41.5 Å². The van der Waals surface area contributed by atoms with E-state index in [0.717, 1.165) is 16.8 Å². The predicted molar refractivity (Wildman–Crippen MR) is 102 cm³/mol. The molecule has 0 fully saturated rings. The number of nitrogens with zero attached hydrogens (tertiary/aromatic N) is 3. The van der Waals surface area contributed by atoms with Crippen LogP contribution in [0.3, 0.4) is 0 Å². The standard InChI is InChI=1S/C21H16ClN3O/c22-18-10-4-8-16(12-18)19-13-20(17-9-5-11-23-14-17)25(24-19)21(26)15-6-2-1-3-7-15/h1-12,14,20H,13H2. The van der Waals surface area contributed by atoms with E-state index in [0.29, 0.717) is 17.0 Å². The number of hydrazone groups is 1. The maximum atomic E-state index is 13.0. The zero-order chi connectivity index (χ0) is 17.9. The molecule has 5 heteroatoms. The van der Waals surface area contributed by atoms with Crippen molar-refractivity contribution < 1.29 is 4.79 Å². The fourth-order valence-electron chi connectivity index (χ4n) is 3.09. The van der Waals surface area contributed by atoms with Crippen molar-refractivity contribution in [1.82, 2.24) is 9.99 Å². The number of hydrogen-bond acceptors (Lipinski definition) is 3. The largest absolute Gasteiger partial charge is 0.274 e. The molecule has 0 spiro atoms. The number of aromatic nitrogens is 1. The quantitative estimate of drug-likeness (QED) is 0.677. The van der Waals surface area contributed by atoms with Gasteiger partial charge in [-0.25, -0.2) is 5.01 Å². The Hall–Kier alpha value is -2.98. The third kappa shape index (κ3) is 3.24. The summed E-state index contributed by atoms with van der Waals surface area (Å²) in [7, 11) is 0. The van der Waals surface area contributed by atoms with E-state index in [1.54, 1.807) is 29.5 Å². The first-order valence-electron chi connectivity index (χ1n) is 8.34. The Morgan fingerprint density at radius 1 is 1.04 bits per heavy atom. The molecule has 26 heavy (non-hydrogen) atoms. The van der Waals surface area contributed by atoms with Crippen LogP contribution < -0.4 is 0 Å². The van der Waals surface area contributed by atoms with E-state index < -0.39 is 0 Å². The van der Waals surface area contributed by atoms with E-state index in [4.69, 9.17) is 11.6 Å². The van der Waals surface area contributed by atoms with Crippen LogP contribution in [-0.2, 0) is 0 Å². The van der Waals surface area contributed by atoms with Crippen LogP contribution in [0, 0.1) is 0 Å². The van der Waals surface area contributed by atoms with Crippen LogP contribution in [0.5, 0.6) is 0 Å². The fraction of sp³-hybridized carbons (Fsp3) is 0.0952. The smallest absolute Gasteiger partial charge is 0.267 e. The lowest BCUT2D eigenvalue weighted by Gasteiger charge is -2.21. The van der Waals surface area contributed by atoms with Crippen molar-refractivity contribution in [2.24, 2.45) is 5.10 Å². The number of rotatable bonds is 3. The van der Waals surface area contributed by atoms with Crippen LogP contribution in [-0.4, -0.2) is 21.6 Å². The molecule has 128 valence electrons.